The number of amides is 1. The fourth-order valence-electron chi connectivity index (χ4n) is 1.98. The number of hydrogen-bond donors (Lipinski definition) is 1. The second kappa shape index (κ2) is 6.62. The van der Waals surface area contributed by atoms with Crippen molar-refractivity contribution in [2.75, 3.05) is 12.4 Å². The van der Waals surface area contributed by atoms with E-state index < -0.39 is 5.91 Å². The van der Waals surface area contributed by atoms with Crippen LogP contribution in [-0.2, 0) is 0 Å². The van der Waals surface area contributed by atoms with Crippen LogP contribution in [0, 0.1) is 0 Å². The first-order chi connectivity index (χ1) is 11.2. The van der Waals surface area contributed by atoms with Crippen LogP contribution in [0.4, 0.5) is 5.69 Å². The van der Waals surface area contributed by atoms with E-state index in [0.29, 0.717) is 17.0 Å². The summed E-state index contributed by atoms with van der Waals surface area (Å²) in [6.45, 7) is 0. The summed E-state index contributed by atoms with van der Waals surface area (Å²) in [5.41, 5.74) is 1.25. The Hall–Kier alpha value is -2.67. The molecule has 1 aromatic heterocycles. The van der Waals surface area contributed by atoms with E-state index in [1.54, 1.807) is 25.3 Å². The molecule has 0 radical (unpaired) electrons. The van der Waals surface area contributed by atoms with E-state index in [9.17, 15) is 4.79 Å². The molecule has 0 aliphatic rings. The highest BCUT2D eigenvalue weighted by molar-refractivity contribution is 9.10. The van der Waals surface area contributed by atoms with Gasteiger partial charge in [0.2, 0.25) is 0 Å². The van der Waals surface area contributed by atoms with Gasteiger partial charge in [-0.2, -0.15) is 0 Å². The van der Waals surface area contributed by atoms with Gasteiger partial charge in [0.05, 0.1) is 18.4 Å². The first kappa shape index (κ1) is 15.2. The van der Waals surface area contributed by atoms with Crippen molar-refractivity contribution in [1.29, 1.82) is 0 Å². The van der Waals surface area contributed by atoms with Crippen LogP contribution in [-0.4, -0.2) is 23.2 Å². The first-order valence-electron chi connectivity index (χ1n) is 6.72. The number of rotatable bonds is 4. The molecule has 3 aromatic rings. The van der Waals surface area contributed by atoms with E-state index in [2.05, 4.69) is 31.4 Å². The van der Waals surface area contributed by atoms with Crippen LogP contribution in [0.3, 0.4) is 0 Å². The second-order valence-corrected chi connectivity index (χ2v) is 5.40. The lowest BCUT2D eigenvalue weighted by Crippen LogP contribution is -2.12. The van der Waals surface area contributed by atoms with Crippen LogP contribution >= 0.6 is 15.9 Å². The molecule has 0 saturated carbocycles. The highest BCUT2D eigenvalue weighted by Gasteiger charge is 2.18. The minimum absolute atomic E-state index is 0.123. The van der Waals surface area contributed by atoms with E-state index in [-0.39, 0.29) is 11.8 Å². The van der Waals surface area contributed by atoms with Gasteiger partial charge in [0.1, 0.15) is 5.75 Å². The molecule has 0 unspecified atom stereocenters. The molecule has 7 heteroatoms. The van der Waals surface area contributed by atoms with Gasteiger partial charge in [-0.1, -0.05) is 24.3 Å². The van der Waals surface area contributed by atoms with Gasteiger partial charge in [-0.3, -0.25) is 4.79 Å². The van der Waals surface area contributed by atoms with Gasteiger partial charge < -0.3 is 14.5 Å². The van der Waals surface area contributed by atoms with Crippen molar-refractivity contribution in [2.45, 2.75) is 0 Å². The number of hydrogen-bond acceptors (Lipinski definition) is 5. The summed E-state index contributed by atoms with van der Waals surface area (Å²) < 4.78 is 11.5. The third-order valence-electron chi connectivity index (χ3n) is 3.08. The van der Waals surface area contributed by atoms with E-state index in [0.717, 1.165) is 4.47 Å². The van der Waals surface area contributed by atoms with Crippen molar-refractivity contribution in [2.24, 2.45) is 0 Å². The maximum atomic E-state index is 12.2. The molecule has 0 aliphatic heterocycles. The van der Waals surface area contributed by atoms with Gasteiger partial charge in [-0.05, 0) is 40.2 Å². The van der Waals surface area contributed by atoms with E-state index >= 15 is 0 Å². The van der Waals surface area contributed by atoms with E-state index in [1.165, 1.54) is 0 Å². The number of carbonyl (C=O) groups is 1. The minimum atomic E-state index is -0.481. The Morgan fingerprint density at radius 2 is 1.87 bits per heavy atom. The molecule has 0 fully saturated rings. The lowest BCUT2D eigenvalue weighted by Gasteiger charge is -2.04. The average molecular weight is 374 g/mol. The summed E-state index contributed by atoms with van der Waals surface area (Å²) in [4.78, 5) is 12.2. The molecule has 0 saturated heterocycles. The van der Waals surface area contributed by atoms with Crippen molar-refractivity contribution in [3.8, 4) is 17.2 Å². The molecule has 23 heavy (non-hydrogen) atoms. The number of nitrogens with one attached hydrogen (secondary N) is 1. The molecule has 0 atom stereocenters. The van der Waals surface area contributed by atoms with Gasteiger partial charge in [-0.15, -0.1) is 10.2 Å². The summed E-state index contributed by atoms with van der Waals surface area (Å²) >= 11 is 3.36. The summed E-state index contributed by atoms with van der Waals surface area (Å²) in [6.07, 6.45) is 0. The fraction of sp³-hybridized carbons (Fsp3) is 0.0625. The van der Waals surface area contributed by atoms with Crippen LogP contribution in [0.25, 0.3) is 11.5 Å². The third-order valence-corrected chi connectivity index (χ3v) is 3.77. The molecule has 1 N–H and O–H groups in total. The molecule has 116 valence electrons. The minimum Gasteiger partial charge on any atom is -0.496 e. The molecule has 0 bridgehead atoms. The third kappa shape index (κ3) is 3.24. The van der Waals surface area contributed by atoms with E-state index in [1.807, 2.05) is 30.3 Å². The zero-order valence-corrected chi connectivity index (χ0v) is 13.7. The molecular formula is C16H12BrN3O3. The SMILES string of the molecule is COc1ccccc1-c1nnc(C(=O)Nc2ccccc2Br)o1. The second-order valence-electron chi connectivity index (χ2n) is 4.55. The number of methoxy groups -OCH3 is 1. The molecule has 0 spiro atoms. The van der Waals surface area contributed by atoms with Crippen molar-refractivity contribution >= 4 is 27.5 Å². The number of aromatic nitrogens is 2. The van der Waals surface area contributed by atoms with Crippen molar-refractivity contribution in [1.82, 2.24) is 10.2 Å². The number of para-hydroxylation sites is 2. The molecule has 0 aliphatic carbocycles. The smallest absolute Gasteiger partial charge is 0.313 e. The van der Waals surface area contributed by atoms with Crippen molar-refractivity contribution < 1.29 is 13.9 Å². The number of nitrogens with zero attached hydrogens (tertiary/aromatic N) is 2. The largest absolute Gasteiger partial charge is 0.496 e. The summed E-state index contributed by atoms with van der Waals surface area (Å²) in [5.74, 6) is 0.209. The van der Waals surface area contributed by atoms with Gasteiger partial charge >= 0.3 is 11.8 Å². The lowest BCUT2D eigenvalue weighted by molar-refractivity contribution is 0.0990. The summed E-state index contributed by atoms with van der Waals surface area (Å²) in [7, 11) is 1.55. The van der Waals surface area contributed by atoms with Crippen LogP contribution in [0.5, 0.6) is 5.75 Å². The van der Waals surface area contributed by atoms with Crippen LogP contribution in [0.15, 0.2) is 57.4 Å². The number of carbonyl (C=O) groups excluding carboxylic acids is 1. The number of anilines is 1. The maximum Gasteiger partial charge on any atom is 0.313 e. The highest BCUT2D eigenvalue weighted by Crippen LogP contribution is 2.28. The molecule has 1 amide bonds. The molecule has 3 rings (SSSR count). The zero-order chi connectivity index (χ0) is 16.2. The van der Waals surface area contributed by atoms with Gasteiger partial charge in [-0.25, -0.2) is 0 Å². The summed E-state index contributed by atoms with van der Waals surface area (Å²) in [6, 6.07) is 14.5. The van der Waals surface area contributed by atoms with Crippen molar-refractivity contribution in [3.63, 3.8) is 0 Å². The van der Waals surface area contributed by atoms with Gasteiger partial charge in [0, 0.05) is 4.47 Å². The Bertz CT molecular complexity index is 848. The number of benzene rings is 2. The van der Waals surface area contributed by atoms with Crippen LogP contribution in [0.1, 0.15) is 10.7 Å². The standard InChI is InChI=1S/C16H12BrN3O3/c1-22-13-9-5-2-6-10(13)15-19-20-16(23-15)14(21)18-12-8-4-3-7-11(12)17/h2-9H,1H3,(H,18,21). The number of ether oxygens (including phenoxy) is 1. The lowest BCUT2D eigenvalue weighted by atomic mass is 10.2. The first-order valence-corrected chi connectivity index (χ1v) is 7.51. The molecule has 6 nitrogen and oxygen atoms in total. The predicted octanol–water partition coefficient (Wildman–Crippen LogP) is 3.76. The monoisotopic (exact) mass is 373 g/mol. The molecular weight excluding hydrogens is 362 g/mol. The Morgan fingerprint density at radius 3 is 2.65 bits per heavy atom. The predicted molar refractivity (Wildman–Crippen MR) is 88.4 cm³/mol. The maximum absolute atomic E-state index is 12.2. The zero-order valence-electron chi connectivity index (χ0n) is 12.1. The Balaban J connectivity index is 1.84. The van der Waals surface area contributed by atoms with Crippen LogP contribution in [0.2, 0.25) is 0 Å². The van der Waals surface area contributed by atoms with Gasteiger partial charge in [0.25, 0.3) is 5.89 Å². The Kier molecular flexibility index (Phi) is 4.38. The summed E-state index contributed by atoms with van der Waals surface area (Å²) in [5, 5.41) is 10.4. The van der Waals surface area contributed by atoms with Crippen molar-refractivity contribution in [3.05, 3.63) is 58.9 Å². The van der Waals surface area contributed by atoms with Crippen LogP contribution < -0.4 is 10.1 Å². The Labute approximate surface area is 140 Å². The topological polar surface area (TPSA) is 77.2 Å². The average Bonchev–Trinajstić information content (AvgIpc) is 3.07. The normalized spacial score (nSPS) is 10.3. The van der Waals surface area contributed by atoms with E-state index in [4.69, 9.17) is 9.15 Å². The fourth-order valence-corrected chi connectivity index (χ4v) is 2.37. The van der Waals surface area contributed by atoms with Gasteiger partial charge in [0.15, 0.2) is 0 Å². The quantitative estimate of drug-likeness (QED) is 0.753. The Morgan fingerprint density at radius 1 is 1.13 bits per heavy atom. The number of halogens is 1. The highest BCUT2D eigenvalue weighted by atomic mass is 79.9. The molecule has 2 aromatic carbocycles. The molecule has 1 heterocycles.